The fourth-order valence-electron chi connectivity index (χ4n) is 1.15. The van der Waals surface area contributed by atoms with Gasteiger partial charge in [0.25, 0.3) is 0 Å². The normalized spacial score (nSPS) is 10.0. The van der Waals surface area contributed by atoms with Gasteiger partial charge in [0, 0.05) is 5.56 Å². The Morgan fingerprint density at radius 3 is 2.64 bits per heavy atom. The Labute approximate surface area is 85.1 Å². The summed E-state index contributed by atoms with van der Waals surface area (Å²) in [4.78, 5) is 10.8. The fraction of sp³-hybridized carbons (Fsp3) is 0.222. The largest absolute Gasteiger partial charge is 0.494 e. The lowest BCUT2D eigenvalue weighted by Gasteiger charge is -2.10. The van der Waals surface area contributed by atoms with Crippen LogP contribution in [-0.2, 0) is 0 Å². The van der Waals surface area contributed by atoms with Gasteiger partial charge in [0.05, 0.1) is 12.1 Å². The molecule has 0 aliphatic heterocycles. The van der Waals surface area contributed by atoms with Gasteiger partial charge in [0.15, 0.2) is 5.75 Å². The number of rotatable bonds is 2. The lowest BCUT2D eigenvalue weighted by molar-refractivity contribution is 0.0692. The van der Waals surface area contributed by atoms with Gasteiger partial charge in [-0.25, -0.2) is 9.18 Å². The molecule has 1 aromatic carbocycles. The molecule has 0 spiro atoms. The van der Waals surface area contributed by atoms with E-state index in [1.54, 1.807) is 0 Å². The standard InChI is InChI=1S/C9H8ClFO3/c1-4-6(11)3-5(10)8(14-2)7(4)9(12)13/h3H,1-2H3,(H,12,13). The van der Waals surface area contributed by atoms with E-state index in [2.05, 4.69) is 0 Å². The van der Waals surface area contributed by atoms with Gasteiger partial charge in [-0.3, -0.25) is 0 Å². The van der Waals surface area contributed by atoms with Crippen molar-refractivity contribution in [2.75, 3.05) is 7.11 Å². The lowest BCUT2D eigenvalue weighted by Crippen LogP contribution is -2.05. The van der Waals surface area contributed by atoms with E-state index in [1.807, 2.05) is 0 Å². The zero-order valence-electron chi connectivity index (χ0n) is 7.60. The maximum absolute atomic E-state index is 13.1. The molecule has 0 fully saturated rings. The smallest absolute Gasteiger partial charge is 0.339 e. The van der Waals surface area contributed by atoms with Crippen molar-refractivity contribution in [1.29, 1.82) is 0 Å². The van der Waals surface area contributed by atoms with E-state index in [0.29, 0.717) is 0 Å². The Morgan fingerprint density at radius 1 is 1.64 bits per heavy atom. The number of carboxylic acid groups (broad SMARTS) is 1. The Balaban J connectivity index is 3.56. The molecule has 3 nitrogen and oxygen atoms in total. The van der Waals surface area contributed by atoms with E-state index in [-0.39, 0.29) is 21.9 Å². The molecule has 5 heteroatoms. The summed E-state index contributed by atoms with van der Waals surface area (Å²) >= 11 is 5.62. The molecule has 0 aliphatic rings. The molecule has 0 atom stereocenters. The van der Waals surface area contributed by atoms with E-state index in [9.17, 15) is 9.18 Å². The second kappa shape index (κ2) is 3.84. The van der Waals surface area contributed by atoms with Crippen molar-refractivity contribution in [2.45, 2.75) is 6.92 Å². The molecule has 14 heavy (non-hydrogen) atoms. The predicted molar refractivity (Wildman–Crippen MR) is 49.7 cm³/mol. The van der Waals surface area contributed by atoms with Crippen LogP contribution in [0.15, 0.2) is 6.07 Å². The van der Waals surface area contributed by atoms with Crippen LogP contribution in [0.5, 0.6) is 5.75 Å². The number of hydrogen-bond donors (Lipinski definition) is 1. The summed E-state index contributed by atoms with van der Waals surface area (Å²) in [6, 6.07) is 1.03. The highest BCUT2D eigenvalue weighted by Crippen LogP contribution is 2.32. The zero-order chi connectivity index (χ0) is 10.9. The molecule has 0 saturated heterocycles. The molecule has 0 aliphatic carbocycles. The Hall–Kier alpha value is -1.29. The van der Waals surface area contributed by atoms with Gasteiger partial charge in [-0.15, -0.1) is 0 Å². The zero-order valence-corrected chi connectivity index (χ0v) is 8.35. The fourth-order valence-corrected chi connectivity index (χ4v) is 1.42. The highest BCUT2D eigenvalue weighted by atomic mass is 35.5. The number of carbonyl (C=O) groups is 1. The minimum atomic E-state index is -1.26. The molecule has 0 heterocycles. The second-order valence-corrected chi connectivity index (χ2v) is 3.09. The van der Waals surface area contributed by atoms with Crippen LogP contribution >= 0.6 is 11.6 Å². The lowest BCUT2D eigenvalue weighted by atomic mass is 10.1. The van der Waals surface area contributed by atoms with Crippen LogP contribution in [0.25, 0.3) is 0 Å². The first-order valence-corrected chi connectivity index (χ1v) is 4.12. The molecule has 0 unspecified atom stereocenters. The highest BCUT2D eigenvalue weighted by Gasteiger charge is 2.20. The molecule has 76 valence electrons. The van der Waals surface area contributed by atoms with Gasteiger partial charge in [-0.05, 0) is 13.0 Å². The van der Waals surface area contributed by atoms with Crippen molar-refractivity contribution >= 4 is 17.6 Å². The summed E-state index contributed by atoms with van der Waals surface area (Å²) in [5, 5.41) is 8.77. The number of ether oxygens (including phenoxy) is 1. The minimum Gasteiger partial charge on any atom is -0.494 e. The summed E-state index contributed by atoms with van der Waals surface area (Å²) in [5.41, 5.74) is -0.226. The Morgan fingerprint density at radius 2 is 2.21 bits per heavy atom. The van der Waals surface area contributed by atoms with E-state index in [0.717, 1.165) is 6.07 Å². The van der Waals surface area contributed by atoms with Gasteiger partial charge >= 0.3 is 5.97 Å². The molecule has 0 saturated carbocycles. The molecule has 1 aromatic rings. The molecule has 0 amide bonds. The monoisotopic (exact) mass is 218 g/mol. The highest BCUT2D eigenvalue weighted by molar-refractivity contribution is 6.32. The van der Waals surface area contributed by atoms with Crippen molar-refractivity contribution in [1.82, 2.24) is 0 Å². The van der Waals surface area contributed by atoms with Gasteiger partial charge in [-0.2, -0.15) is 0 Å². The van der Waals surface area contributed by atoms with Crippen LogP contribution in [0, 0.1) is 12.7 Å². The summed E-state index contributed by atoms with van der Waals surface area (Å²) in [6.07, 6.45) is 0. The van der Waals surface area contributed by atoms with Gasteiger partial charge < -0.3 is 9.84 Å². The van der Waals surface area contributed by atoms with Crippen molar-refractivity contribution < 1.29 is 19.0 Å². The number of carboxylic acids is 1. The number of hydrogen-bond acceptors (Lipinski definition) is 2. The number of aromatic carboxylic acids is 1. The molecule has 1 rings (SSSR count). The predicted octanol–water partition coefficient (Wildman–Crippen LogP) is 2.49. The van der Waals surface area contributed by atoms with Crippen LogP contribution in [0.1, 0.15) is 15.9 Å². The van der Waals surface area contributed by atoms with Crippen LogP contribution in [0.4, 0.5) is 4.39 Å². The van der Waals surface area contributed by atoms with E-state index in [4.69, 9.17) is 21.4 Å². The van der Waals surface area contributed by atoms with Crippen LogP contribution in [0.2, 0.25) is 5.02 Å². The first-order chi connectivity index (χ1) is 6.49. The summed E-state index contributed by atoms with van der Waals surface area (Å²) in [6.45, 7) is 1.36. The van der Waals surface area contributed by atoms with E-state index in [1.165, 1.54) is 14.0 Å². The maximum atomic E-state index is 13.1. The number of methoxy groups -OCH3 is 1. The number of halogens is 2. The molecule has 0 radical (unpaired) electrons. The van der Waals surface area contributed by atoms with E-state index >= 15 is 0 Å². The van der Waals surface area contributed by atoms with Crippen molar-refractivity contribution in [2.24, 2.45) is 0 Å². The second-order valence-electron chi connectivity index (χ2n) is 2.68. The SMILES string of the molecule is COc1c(Cl)cc(F)c(C)c1C(=O)O. The molecule has 1 N–H and O–H groups in total. The quantitative estimate of drug-likeness (QED) is 0.830. The van der Waals surface area contributed by atoms with E-state index < -0.39 is 11.8 Å². The van der Waals surface area contributed by atoms with Crippen molar-refractivity contribution in [3.05, 3.63) is 28.0 Å². The van der Waals surface area contributed by atoms with Crippen LogP contribution in [0.3, 0.4) is 0 Å². The molecular formula is C9H8ClFO3. The molecular weight excluding hydrogens is 211 g/mol. The third-order valence-electron chi connectivity index (χ3n) is 1.85. The van der Waals surface area contributed by atoms with Crippen molar-refractivity contribution in [3.63, 3.8) is 0 Å². The summed E-state index contributed by atoms with van der Waals surface area (Å²) < 4.78 is 17.9. The maximum Gasteiger partial charge on any atom is 0.339 e. The molecule has 0 bridgehead atoms. The van der Waals surface area contributed by atoms with Gasteiger partial charge in [0.1, 0.15) is 11.4 Å². The van der Waals surface area contributed by atoms with Gasteiger partial charge in [-0.1, -0.05) is 11.6 Å². The van der Waals surface area contributed by atoms with Crippen molar-refractivity contribution in [3.8, 4) is 5.75 Å². The number of benzene rings is 1. The van der Waals surface area contributed by atoms with Gasteiger partial charge in [0.2, 0.25) is 0 Å². The third kappa shape index (κ3) is 1.65. The average Bonchev–Trinajstić information content (AvgIpc) is 2.10. The average molecular weight is 219 g/mol. The molecule has 0 aromatic heterocycles. The summed E-state index contributed by atoms with van der Waals surface area (Å²) in [5.74, 6) is -1.94. The minimum absolute atomic E-state index is 0.0127. The first kappa shape index (κ1) is 10.8. The topological polar surface area (TPSA) is 46.5 Å². The first-order valence-electron chi connectivity index (χ1n) is 3.75. The summed E-state index contributed by atoms with van der Waals surface area (Å²) in [7, 11) is 1.28. The Kier molecular flexibility index (Phi) is 2.96. The van der Waals surface area contributed by atoms with Crippen LogP contribution in [-0.4, -0.2) is 18.2 Å². The third-order valence-corrected chi connectivity index (χ3v) is 2.13. The Bertz CT molecular complexity index is 390. The van der Waals surface area contributed by atoms with Crippen LogP contribution < -0.4 is 4.74 Å².